The summed E-state index contributed by atoms with van der Waals surface area (Å²) in [6.45, 7) is 1.52. The van der Waals surface area contributed by atoms with Gasteiger partial charge in [0.1, 0.15) is 11.6 Å². The minimum absolute atomic E-state index is 0.0891. The SMILES string of the molecule is COc1cc(N=Cc2c(C)c(C#N)c(=O)n([C@H]3CCS(=O)(=O)C3)c2O)cc(OC)c1OC. The zero-order chi connectivity index (χ0) is 23.6. The van der Waals surface area contributed by atoms with Gasteiger partial charge in [0.25, 0.3) is 5.56 Å². The molecule has 0 spiro atoms. The molecule has 2 heterocycles. The van der Waals surface area contributed by atoms with Crippen LogP contribution in [0.3, 0.4) is 0 Å². The van der Waals surface area contributed by atoms with Crippen molar-refractivity contribution in [2.24, 2.45) is 4.99 Å². The Kier molecular flexibility index (Phi) is 6.45. The summed E-state index contributed by atoms with van der Waals surface area (Å²) in [4.78, 5) is 17.1. The first-order valence-corrected chi connectivity index (χ1v) is 11.4. The molecular formula is C21H23N3O7S. The molecule has 0 radical (unpaired) electrons. The highest BCUT2D eigenvalue weighted by Gasteiger charge is 2.33. The van der Waals surface area contributed by atoms with Crippen molar-refractivity contribution >= 4 is 21.7 Å². The lowest BCUT2D eigenvalue weighted by atomic mass is 10.0. The monoisotopic (exact) mass is 461 g/mol. The van der Waals surface area contributed by atoms with E-state index in [1.807, 2.05) is 6.07 Å². The molecule has 1 fully saturated rings. The summed E-state index contributed by atoms with van der Waals surface area (Å²) in [5.74, 6) is 0.324. The largest absolute Gasteiger partial charge is 0.494 e. The highest BCUT2D eigenvalue weighted by atomic mass is 32.2. The number of nitriles is 1. The van der Waals surface area contributed by atoms with E-state index in [0.29, 0.717) is 22.9 Å². The van der Waals surface area contributed by atoms with Crippen LogP contribution in [-0.2, 0) is 9.84 Å². The zero-order valence-electron chi connectivity index (χ0n) is 18.1. The predicted octanol–water partition coefficient (Wildman–Crippen LogP) is 1.87. The maximum atomic E-state index is 12.8. The van der Waals surface area contributed by atoms with Gasteiger partial charge in [-0.1, -0.05) is 0 Å². The molecule has 0 bridgehead atoms. The standard InChI is InChI=1S/C21H23N3O7S/c1-12-15(9-22)20(25)24(14-5-6-32(27,28)11-14)21(26)16(12)10-23-13-7-17(29-2)19(31-4)18(8-13)30-3/h7-8,10,14,26H,5-6,11H2,1-4H3/t14-/m0/s1. The maximum absolute atomic E-state index is 12.8. The average molecular weight is 461 g/mol. The molecule has 1 aromatic heterocycles. The second-order valence-corrected chi connectivity index (χ2v) is 9.45. The van der Waals surface area contributed by atoms with Crippen molar-refractivity contribution in [2.45, 2.75) is 19.4 Å². The Morgan fingerprint density at radius 3 is 2.31 bits per heavy atom. The fourth-order valence-corrected chi connectivity index (χ4v) is 5.39. The quantitative estimate of drug-likeness (QED) is 0.643. The van der Waals surface area contributed by atoms with E-state index < -0.39 is 27.3 Å². The number of ether oxygens (including phenoxy) is 3. The minimum Gasteiger partial charge on any atom is -0.494 e. The second kappa shape index (κ2) is 8.92. The average Bonchev–Trinajstić information content (AvgIpc) is 3.12. The lowest BCUT2D eigenvalue weighted by Crippen LogP contribution is -2.29. The Balaban J connectivity index is 2.15. The van der Waals surface area contributed by atoms with Crippen molar-refractivity contribution in [3.05, 3.63) is 39.2 Å². The third-order valence-corrected chi connectivity index (χ3v) is 7.11. The molecule has 0 unspecified atom stereocenters. The molecule has 0 amide bonds. The molecule has 1 aromatic carbocycles. The Labute approximate surface area is 185 Å². The summed E-state index contributed by atoms with van der Waals surface area (Å²) >= 11 is 0. The third-order valence-electron chi connectivity index (χ3n) is 5.36. The number of rotatable bonds is 6. The lowest BCUT2D eigenvalue weighted by molar-refractivity contribution is 0.324. The van der Waals surface area contributed by atoms with Gasteiger partial charge in [-0.15, -0.1) is 0 Å². The van der Waals surface area contributed by atoms with Crippen LogP contribution >= 0.6 is 0 Å². The summed E-state index contributed by atoms with van der Waals surface area (Å²) in [7, 11) is 1.08. The number of hydrogen-bond donors (Lipinski definition) is 1. The van der Waals surface area contributed by atoms with Gasteiger partial charge in [0.2, 0.25) is 11.6 Å². The molecule has 170 valence electrons. The van der Waals surface area contributed by atoms with Crippen LogP contribution in [0.1, 0.15) is 29.2 Å². The third kappa shape index (κ3) is 4.13. The first-order chi connectivity index (χ1) is 15.2. The van der Waals surface area contributed by atoms with E-state index in [1.165, 1.54) is 34.5 Å². The van der Waals surface area contributed by atoms with E-state index in [0.717, 1.165) is 4.57 Å². The Bertz CT molecular complexity index is 1260. The maximum Gasteiger partial charge on any atom is 0.271 e. The van der Waals surface area contributed by atoms with Gasteiger partial charge in [-0.25, -0.2) is 8.42 Å². The zero-order valence-corrected chi connectivity index (χ0v) is 18.9. The van der Waals surface area contributed by atoms with Crippen molar-refractivity contribution in [2.75, 3.05) is 32.8 Å². The van der Waals surface area contributed by atoms with Gasteiger partial charge in [-0.05, 0) is 18.9 Å². The van der Waals surface area contributed by atoms with Crippen LogP contribution in [0, 0.1) is 18.3 Å². The van der Waals surface area contributed by atoms with Crippen molar-refractivity contribution in [3.63, 3.8) is 0 Å². The number of aromatic hydroxyl groups is 1. The van der Waals surface area contributed by atoms with E-state index >= 15 is 0 Å². The van der Waals surface area contributed by atoms with Crippen molar-refractivity contribution < 1.29 is 27.7 Å². The van der Waals surface area contributed by atoms with E-state index in [2.05, 4.69) is 4.99 Å². The summed E-state index contributed by atoms with van der Waals surface area (Å²) in [6, 6.07) is 4.28. The molecule has 0 saturated carbocycles. The number of sulfone groups is 1. The predicted molar refractivity (Wildman–Crippen MR) is 117 cm³/mol. The minimum atomic E-state index is -3.32. The lowest BCUT2D eigenvalue weighted by Gasteiger charge is -2.18. The first-order valence-electron chi connectivity index (χ1n) is 9.60. The van der Waals surface area contributed by atoms with E-state index in [-0.39, 0.29) is 34.6 Å². The van der Waals surface area contributed by atoms with Gasteiger partial charge in [0.05, 0.1) is 50.1 Å². The van der Waals surface area contributed by atoms with Gasteiger partial charge >= 0.3 is 0 Å². The summed E-state index contributed by atoms with van der Waals surface area (Å²) in [6.07, 6.45) is 1.48. The number of methoxy groups -OCH3 is 3. The van der Waals surface area contributed by atoms with Crippen LogP contribution in [-0.4, -0.2) is 57.1 Å². The van der Waals surface area contributed by atoms with Crippen LogP contribution in [0.15, 0.2) is 21.9 Å². The molecular weight excluding hydrogens is 438 g/mol. The normalized spacial score (nSPS) is 17.3. The van der Waals surface area contributed by atoms with Crippen LogP contribution in [0.5, 0.6) is 23.1 Å². The molecule has 11 heteroatoms. The van der Waals surface area contributed by atoms with Gasteiger partial charge < -0.3 is 19.3 Å². The molecule has 3 rings (SSSR count). The first kappa shape index (κ1) is 23.1. The molecule has 10 nitrogen and oxygen atoms in total. The Morgan fingerprint density at radius 2 is 1.84 bits per heavy atom. The number of hydrogen-bond acceptors (Lipinski definition) is 9. The van der Waals surface area contributed by atoms with Crippen LogP contribution in [0.4, 0.5) is 5.69 Å². The molecule has 0 aliphatic carbocycles. The van der Waals surface area contributed by atoms with Crippen molar-refractivity contribution in [3.8, 4) is 29.2 Å². The number of aliphatic imine (C=N–C) groups is 1. The van der Waals surface area contributed by atoms with Crippen molar-refractivity contribution in [1.29, 1.82) is 5.26 Å². The van der Waals surface area contributed by atoms with Crippen molar-refractivity contribution in [1.82, 2.24) is 4.57 Å². The number of pyridine rings is 1. The number of aromatic nitrogens is 1. The summed E-state index contributed by atoms with van der Waals surface area (Å²) < 4.78 is 40.7. The smallest absolute Gasteiger partial charge is 0.271 e. The fourth-order valence-electron chi connectivity index (χ4n) is 3.69. The second-order valence-electron chi connectivity index (χ2n) is 7.22. The highest BCUT2D eigenvalue weighted by Crippen LogP contribution is 2.41. The van der Waals surface area contributed by atoms with Gasteiger partial charge in [-0.2, -0.15) is 5.26 Å². The molecule has 1 atom stereocenters. The topological polar surface area (TPSA) is 140 Å². The summed E-state index contributed by atoms with van der Waals surface area (Å²) in [5.41, 5.74) is -0.131. The van der Waals surface area contributed by atoms with Crippen LogP contribution in [0.2, 0.25) is 0 Å². The Hall–Kier alpha value is -3.52. The number of benzene rings is 1. The van der Waals surface area contributed by atoms with Gasteiger partial charge in [0, 0.05) is 18.3 Å². The van der Waals surface area contributed by atoms with E-state index in [1.54, 1.807) is 12.1 Å². The molecule has 1 N–H and O–H groups in total. The molecule has 1 aliphatic heterocycles. The van der Waals surface area contributed by atoms with Crippen LogP contribution in [0.25, 0.3) is 0 Å². The highest BCUT2D eigenvalue weighted by molar-refractivity contribution is 7.91. The molecule has 1 aliphatic rings. The number of nitrogens with zero attached hydrogens (tertiary/aromatic N) is 3. The fraction of sp³-hybridized carbons (Fsp3) is 0.381. The molecule has 2 aromatic rings. The van der Waals surface area contributed by atoms with E-state index in [4.69, 9.17) is 14.2 Å². The molecule has 32 heavy (non-hydrogen) atoms. The van der Waals surface area contributed by atoms with E-state index in [9.17, 15) is 23.6 Å². The molecule has 1 saturated heterocycles. The van der Waals surface area contributed by atoms with Gasteiger partial charge in [-0.3, -0.25) is 14.4 Å². The van der Waals surface area contributed by atoms with Gasteiger partial charge in [0.15, 0.2) is 21.3 Å². The Morgan fingerprint density at radius 1 is 1.22 bits per heavy atom. The van der Waals surface area contributed by atoms with Crippen LogP contribution < -0.4 is 19.8 Å². The summed E-state index contributed by atoms with van der Waals surface area (Å²) in [5, 5.41) is 20.4.